The molecular formula is C20H33NSi. The minimum absolute atomic E-state index is 0.895. The molecular weight excluding hydrogens is 282 g/mol. The van der Waals surface area contributed by atoms with Crippen molar-refractivity contribution in [2.24, 2.45) is 5.92 Å². The van der Waals surface area contributed by atoms with E-state index in [9.17, 15) is 0 Å². The van der Waals surface area contributed by atoms with Crippen molar-refractivity contribution in [2.75, 3.05) is 0 Å². The van der Waals surface area contributed by atoms with E-state index in [1.54, 1.807) is 10.8 Å². The largest absolute Gasteiger partial charge is 0.257 e. The summed E-state index contributed by atoms with van der Waals surface area (Å²) in [6, 6.07) is 2.41. The highest BCUT2D eigenvalue weighted by atomic mass is 28.3. The van der Waals surface area contributed by atoms with Gasteiger partial charge in [0.2, 0.25) is 0 Å². The van der Waals surface area contributed by atoms with Gasteiger partial charge in [0, 0.05) is 6.20 Å². The van der Waals surface area contributed by atoms with Gasteiger partial charge in [0.05, 0.1) is 13.8 Å². The Kier molecular flexibility index (Phi) is 5.65. The fourth-order valence-electron chi connectivity index (χ4n) is 3.50. The van der Waals surface area contributed by atoms with E-state index in [0.717, 1.165) is 5.92 Å². The van der Waals surface area contributed by atoms with Gasteiger partial charge in [-0.2, -0.15) is 0 Å². The van der Waals surface area contributed by atoms with Crippen LogP contribution in [-0.4, -0.2) is 13.1 Å². The first-order valence-corrected chi connectivity index (χ1v) is 12.4. The lowest BCUT2D eigenvalue weighted by Crippen LogP contribution is -2.41. The Hall–Kier alpha value is -0.893. The molecule has 0 unspecified atom stereocenters. The van der Waals surface area contributed by atoms with E-state index in [0.29, 0.717) is 0 Å². The molecule has 122 valence electrons. The molecule has 1 fully saturated rings. The second kappa shape index (κ2) is 7.12. The molecule has 0 spiro atoms. The van der Waals surface area contributed by atoms with Crippen LogP contribution in [0.15, 0.2) is 17.8 Å². The summed E-state index contributed by atoms with van der Waals surface area (Å²) in [5.74, 6) is 0.895. The number of nitrogens with zero attached hydrogens (tertiary/aromatic N) is 1. The Morgan fingerprint density at radius 3 is 2.27 bits per heavy atom. The molecule has 0 aliphatic heterocycles. The summed E-state index contributed by atoms with van der Waals surface area (Å²) < 4.78 is 0. The molecule has 2 heteroatoms. The Balaban J connectivity index is 2.37. The molecule has 0 atom stereocenters. The third-order valence-electron chi connectivity index (χ3n) is 5.17. The highest BCUT2D eigenvalue weighted by Crippen LogP contribution is 2.28. The van der Waals surface area contributed by atoms with Gasteiger partial charge in [-0.1, -0.05) is 57.3 Å². The average Bonchev–Trinajstić information content (AvgIpc) is 2.46. The van der Waals surface area contributed by atoms with E-state index >= 15 is 0 Å². The monoisotopic (exact) mass is 315 g/mol. The Bertz CT molecular complexity index is 541. The fourth-order valence-corrected chi connectivity index (χ4v) is 5.09. The third kappa shape index (κ3) is 4.31. The number of pyridine rings is 1. The van der Waals surface area contributed by atoms with Crippen molar-refractivity contribution >= 4 is 18.8 Å². The van der Waals surface area contributed by atoms with Crippen molar-refractivity contribution in [2.45, 2.75) is 78.9 Å². The Morgan fingerprint density at radius 2 is 1.73 bits per heavy atom. The van der Waals surface area contributed by atoms with E-state index in [2.05, 4.69) is 52.7 Å². The van der Waals surface area contributed by atoms with Crippen LogP contribution in [0.25, 0.3) is 5.57 Å². The van der Waals surface area contributed by atoms with Crippen LogP contribution in [0.4, 0.5) is 0 Å². The topological polar surface area (TPSA) is 12.9 Å². The van der Waals surface area contributed by atoms with Crippen molar-refractivity contribution in [3.63, 3.8) is 0 Å². The average molecular weight is 316 g/mol. The highest BCUT2D eigenvalue weighted by Gasteiger charge is 2.23. The van der Waals surface area contributed by atoms with Crippen molar-refractivity contribution in [1.29, 1.82) is 0 Å². The lowest BCUT2D eigenvalue weighted by atomic mass is 9.85. The molecule has 1 aliphatic carbocycles. The maximum atomic E-state index is 4.80. The number of aromatic nitrogens is 1. The lowest BCUT2D eigenvalue weighted by Gasteiger charge is -2.26. The molecule has 22 heavy (non-hydrogen) atoms. The normalized spacial score (nSPS) is 16.6. The summed E-state index contributed by atoms with van der Waals surface area (Å²) in [7, 11) is -1.33. The van der Waals surface area contributed by atoms with Crippen LogP contribution < -0.4 is 5.19 Å². The van der Waals surface area contributed by atoms with Gasteiger partial charge in [0.25, 0.3) is 0 Å². The molecule has 0 N–H and O–H groups in total. The molecule has 0 saturated heterocycles. The quantitative estimate of drug-likeness (QED) is 0.663. The van der Waals surface area contributed by atoms with E-state index < -0.39 is 8.07 Å². The highest BCUT2D eigenvalue weighted by molar-refractivity contribution is 6.89. The molecule has 1 saturated carbocycles. The minimum atomic E-state index is -1.33. The zero-order valence-electron chi connectivity index (χ0n) is 15.4. The first kappa shape index (κ1) is 17.5. The van der Waals surface area contributed by atoms with E-state index in [4.69, 9.17) is 4.98 Å². The summed E-state index contributed by atoms with van der Waals surface area (Å²) in [5.41, 5.74) is 5.49. The smallest absolute Gasteiger partial charge is 0.0799 e. The molecule has 1 nitrogen and oxygen atoms in total. The van der Waals surface area contributed by atoms with Gasteiger partial charge in [-0.15, -0.1) is 0 Å². The zero-order chi connectivity index (χ0) is 16.3. The van der Waals surface area contributed by atoms with Crippen molar-refractivity contribution in [1.82, 2.24) is 4.98 Å². The van der Waals surface area contributed by atoms with Gasteiger partial charge >= 0.3 is 0 Å². The predicted molar refractivity (Wildman–Crippen MR) is 101 cm³/mol. The molecule has 2 rings (SSSR count). The van der Waals surface area contributed by atoms with Crippen molar-refractivity contribution in [3.05, 3.63) is 29.1 Å². The first-order valence-electron chi connectivity index (χ1n) is 8.93. The summed E-state index contributed by atoms with van der Waals surface area (Å²) >= 11 is 0. The molecule has 0 aromatic carbocycles. The van der Waals surface area contributed by atoms with Gasteiger partial charge in [-0.3, -0.25) is 4.98 Å². The lowest BCUT2D eigenvalue weighted by molar-refractivity contribution is 0.357. The van der Waals surface area contributed by atoms with Gasteiger partial charge in [-0.25, -0.2) is 0 Å². The van der Waals surface area contributed by atoms with Crippen LogP contribution >= 0.6 is 0 Å². The molecule has 0 radical (unpaired) electrons. The van der Waals surface area contributed by atoms with Crippen molar-refractivity contribution in [3.8, 4) is 0 Å². The van der Waals surface area contributed by atoms with Gasteiger partial charge in [-0.05, 0) is 55.5 Å². The van der Waals surface area contributed by atoms with E-state index in [-0.39, 0.29) is 0 Å². The summed E-state index contributed by atoms with van der Waals surface area (Å²) in [6.45, 7) is 13.9. The molecule has 1 aromatic rings. The molecule has 1 heterocycles. The number of hydrogen-bond donors (Lipinski definition) is 0. The second-order valence-electron chi connectivity index (χ2n) is 8.31. The summed E-state index contributed by atoms with van der Waals surface area (Å²) in [5, 5.41) is 1.57. The first-order chi connectivity index (χ1) is 10.3. The van der Waals surface area contributed by atoms with Crippen molar-refractivity contribution < 1.29 is 0 Å². The standard InChI is InChI=1S/C20H33NSi/c1-15(2)16(3)19-13-18(12-17-10-8-7-9-11-17)20(14-21-19)22(4,5)6/h13-14,17H,7-12H2,1-6H3. The maximum Gasteiger partial charge on any atom is 0.0799 e. The number of allylic oxidation sites excluding steroid dienone is 2. The van der Waals surface area contributed by atoms with E-state index in [1.165, 1.54) is 55.4 Å². The fraction of sp³-hybridized carbons (Fsp3) is 0.650. The molecule has 0 bridgehead atoms. The third-order valence-corrected chi connectivity index (χ3v) is 7.23. The second-order valence-corrected chi connectivity index (χ2v) is 13.3. The molecule has 1 aromatic heterocycles. The van der Waals surface area contributed by atoms with Crippen LogP contribution in [-0.2, 0) is 6.42 Å². The van der Waals surface area contributed by atoms with Gasteiger partial charge in [0.1, 0.15) is 0 Å². The van der Waals surface area contributed by atoms with Crippen LogP contribution in [0.1, 0.15) is 64.1 Å². The van der Waals surface area contributed by atoms with E-state index in [1.807, 2.05) is 0 Å². The SMILES string of the molecule is CC(C)=C(C)c1cc(CC2CCCCC2)c([Si](C)(C)C)cn1. The summed E-state index contributed by atoms with van der Waals surface area (Å²) in [4.78, 5) is 4.80. The number of rotatable bonds is 4. The van der Waals surface area contributed by atoms with Crippen LogP contribution in [0.3, 0.4) is 0 Å². The van der Waals surface area contributed by atoms with Crippen LogP contribution in [0, 0.1) is 5.92 Å². The minimum Gasteiger partial charge on any atom is -0.257 e. The summed E-state index contributed by atoms with van der Waals surface area (Å²) in [6.07, 6.45) is 10.6. The molecule has 1 aliphatic rings. The predicted octanol–water partition coefficient (Wildman–Crippen LogP) is 5.56. The Labute approximate surface area is 138 Å². The van der Waals surface area contributed by atoms with Gasteiger partial charge < -0.3 is 0 Å². The Morgan fingerprint density at radius 1 is 1.09 bits per heavy atom. The van der Waals surface area contributed by atoms with Gasteiger partial charge in [0.15, 0.2) is 0 Å². The molecule has 0 amide bonds. The van der Waals surface area contributed by atoms with Crippen LogP contribution in [0.5, 0.6) is 0 Å². The zero-order valence-corrected chi connectivity index (χ0v) is 16.4. The maximum absolute atomic E-state index is 4.80. The number of hydrogen-bond acceptors (Lipinski definition) is 1. The van der Waals surface area contributed by atoms with Crippen LogP contribution in [0.2, 0.25) is 19.6 Å².